The summed E-state index contributed by atoms with van der Waals surface area (Å²) in [6.45, 7) is 10.8. The summed E-state index contributed by atoms with van der Waals surface area (Å²) in [5, 5.41) is 13.3. The van der Waals surface area contributed by atoms with Crippen molar-refractivity contribution >= 4 is 143 Å². The molecule has 0 aliphatic carbocycles. The highest BCUT2D eigenvalue weighted by atomic mass is 35.5. The molecule has 0 radical (unpaired) electrons. The summed E-state index contributed by atoms with van der Waals surface area (Å²) < 4.78 is 6.01. The summed E-state index contributed by atoms with van der Waals surface area (Å²) in [7, 11) is 4.19. The van der Waals surface area contributed by atoms with Gasteiger partial charge in [-0.3, -0.25) is 4.98 Å². The van der Waals surface area contributed by atoms with Gasteiger partial charge in [0.25, 0.3) is 0 Å². The number of rotatable bonds is 24. The van der Waals surface area contributed by atoms with Gasteiger partial charge in [0, 0.05) is 35.6 Å². The van der Waals surface area contributed by atoms with Crippen LogP contribution in [0.3, 0.4) is 0 Å². The summed E-state index contributed by atoms with van der Waals surface area (Å²) >= 11 is 40.8. The smallest absolute Gasteiger partial charge is 0.249 e. The molecule has 500 valence electrons. The van der Waals surface area contributed by atoms with Gasteiger partial charge in [0.2, 0.25) is 5.89 Å². The minimum absolute atomic E-state index is 0.371. The third-order valence-electron chi connectivity index (χ3n) is 16.6. The predicted octanol–water partition coefficient (Wildman–Crippen LogP) is 20.6. The lowest BCUT2D eigenvalue weighted by Crippen LogP contribution is -2.21. The zero-order valence-electron chi connectivity index (χ0n) is 54.0. The maximum absolute atomic E-state index is 6.27. The van der Waals surface area contributed by atoms with Gasteiger partial charge in [0.05, 0.1) is 79.2 Å². The molecule has 0 saturated carbocycles. The standard InChI is InChI=1S/C26H26Cl2N4S.C24H24Cl2N6O.C24H24Cl2N4S/c27-19-16-21-22(17-20(19)28)31-26(29-12-4-5-13-32-14-6-7-15-32)25(30-21)24-11-10-23(33-24)18-8-2-1-3-9-18;25-16-13-19-20(14-17(16)26)31-23(28-9-3-4-10-32-11-5-6-12-32)22(30-19)24-29-15-21(33-24)18-7-1-2-8-27-18;1-30(2)13-7-6-12-27-24-23(28-19-14-17(25)18(26)15-20(19)29-24)22-11-10-21(31-22)16-8-4-3-5-9-16/h1-3,8-11,16-17H,4-7,12-15H2,(H,29,31);1-2,7-8,13-15H,3-6,9-12H2,(H,28,31);3-5,8-11,14-15H,6-7,12-13H2,1-2H3,(H,27,29). The SMILES string of the molecule is CN(C)CCCCNc1nc2cc(Cl)c(Cl)cc2nc1-c1ccc(-c2ccccc2)s1.Clc1cc2nc(NCCCCN3CCCC3)c(-c3ccc(-c4ccccc4)s3)nc2cc1Cl.Clc1cc2nc(NCCCCN3CCCC3)c(-c3ncc(-c4ccccn4)o3)nc2cc1Cl. The number of likely N-dealkylation sites (tertiary alicyclic amines) is 2. The maximum Gasteiger partial charge on any atom is 0.249 e. The van der Waals surface area contributed by atoms with Crippen LogP contribution in [-0.2, 0) is 0 Å². The molecule has 2 aliphatic heterocycles. The third-order valence-corrected chi connectivity index (χ3v) is 21.1. The van der Waals surface area contributed by atoms with Gasteiger partial charge in [0.15, 0.2) is 28.9 Å². The summed E-state index contributed by atoms with van der Waals surface area (Å²) in [5.74, 6) is 3.12. The van der Waals surface area contributed by atoms with E-state index >= 15 is 0 Å². The number of hydrogen-bond acceptors (Lipinski definition) is 17. The molecule has 0 spiro atoms. The Hall–Kier alpha value is -7.10. The first-order valence-corrected chi connectivity index (χ1v) is 36.8. The quantitative estimate of drug-likeness (QED) is 0.0490. The van der Waals surface area contributed by atoms with Crippen molar-refractivity contribution in [2.24, 2.45) is 0 Å². The average molecular weight is 1450 g/mol. The molecule has 2 aliphatic rings. The van der Waals surface area contributed by atoms with E-state index in [9.17, 15) is 0 Å². The van der Waals surface area contributed by atoms with E-state index in [1.165, 1.54) is 85.7 Å². The van der Waals surface area contributed by atoms with Gasteiger partial charge < -0.3 is 35.1 Å². The van der Waals surface area contributed by atoms with E-state index in [1.54, 1.807) is 71.5 Å². The topological polar surface area (TPSA) is 162 Å². The molecule has 0 unspecified atom stereocenters. The lowest BCUT2D eigenvalue weighted by molar-refractivity contribution is 0.331. The Morgan fingerprint density at radius 1 is 0.423 bits per heavy atom. The number of aromatic nitrogens is 8. The van der Waals surface area contributed by atoms with Crippen molar-refractivity contribution in [1.82, 2.24) is 54.6 Å². The van der Waals surface area contributed by atoms with Crippen LogP contribution in [0.5, 0.6) is 0 Å². The van der Waals surface area contributed by atoms with E-state index in [4.69, 9.17) is 104 Å². The molecule has 9 heterocycles. The lowest BCUT2D eigenvalue weighted by atomic mass is 10.2. The van der Waals surface area contributed by atoms with Gasteiger partial charge in [-0.2, -0.15) is 0 Å². The largest absolute Gasteiger partial charge is 0.433 e. The fourth-order valence-corrected chi connectivity index (χ4v) is 14.5. The molecule has 0 bridgehead atoms. The normalized spacial score (nSPS) is 13.3. The number of benzene rings is 5. The molecule has 5 aromatic carbocycles. The highest BCUT2D eigenvalue weighted by Crippen LogP contribution is 2.41. The van der Waals surface area contributed by atoms with Crippen molar-refractivity contribution < 1.29 is 4.42 Å². The minimum atomic E-state index is 0.371. The van der Waals surface area contributed by atoms with Crippen molar-refractivity contribution in [3.63, 3.8) is 0 Å². The molecule has 2 fully saturated rings. The number of nitrogens with one attached hydrogen (secondary N) is 3. The molecule has 7 aromatic heterocycles. The summed E-state index contributed by atoms with van der Waals surface area (Å²) in [6, 6.07) is 45.5. The number of nitrogens with zero attached hydrogens (tertiary/aromatic N) is 11. The van der Waals surface area contributed by atoms with Gasteiger partial charge >= 0.3 is 0 Å². The monoisotopic (exact) mass is 1450 g/mol. The second kappa shape index (κ2) is 34.1. The number of unbranched alkanes of at least 4 members (excludes halogenated alkanes) is 3. The molecule has 3 N–H and O–H groups in total. The number of halogens is 6. The third kappa shape index (κ3) is 18.6. The first-order chi connectivity index (χ1) is 47.3. The lowest BCUT2D eigenvalue weighted by Gasteiger charge is -2.15. The van der Waals surface area contributed by atoms with Gasteiger partial charge in [-0.05, 0) is 208 Å². The van der Waals surface area contributed by atoms with Crippen LogP contribution in [0.2, 0.25) is 30.1 Å². The van der Waals surface area contributed by atoms with E-state index in [0.717, 1.165) is 120 Å². The number of thiophene rings is 2. The van der Waals surface area contributed by atoms with Crippen LogP contribution in [0.25, 0.3) is 98.2 Å². The molecule has 23 heteroatoms. The molecule has 12 aromatic rings. The maximum atomic E-state index is 6.27. The van der Waals surface area contributed by atoms with Crippen LogP contribution >= 0.6 is 92.3 Å². The van der Waals surface area contributed by atoms with Crippen molar-refractivity contribution in [2.45, 2.75) is 64.2 Å². The van der Waals surface area contributed by atoms with Gasteiger partial charge in [-0.15, -0.1) is 22.7 Å². The molecule has 0 amide bonds. The van der Waals surface area contributed by atoms with Crippen LogP contribution < -0.4 is 16.0 Å². The fraction of sp³-hybridized carbons (Fsp3) is 0.297. The van der Waals surface area contributed by atoms with E-state index in [2.05, 4.69) is 128 Å². The van der Waals surface area contributed by atoms with Crippen LogP contribution in [0, 0.1) is 0 Å². The van der Waals surface area contributed by atoms with Crippen molar-refractivity contribution in [1.29, 1.82) is 0 Å². The highest BCUT2D eigenvalue weighted by molar-refractivity contribution is 7.19. The summed E-state index contributed by atoms with van der Waals surface area (Å²) in [6.07, 6.45) is 15.3. The molecular weight excluding hydrogens is 1380 g/mol. The van der Waals surface area contributed by atoms with E-state index in [0.29, 0.717) is 70.0 Å². The van der Waals surface area contributed by atoms with Crippen molar-refractivity contribution in [2.75, 3.05) is 95.5 Å². The Labute approximate surface area is 604 Å². The van der Waals surface area contributed by atoms with Crippen LogP contribution in [0.1, 0.15) is 64.2 Å². The van der Waals surface area contributed by atoms with E-state index < -0.39 is 0 Å². The Bertz CT molecular complexity index is 4370. The highest BCUT2D eigenvalue weighted by Gasteiger charge is 2.22. The summed E-state index contributed by atoms with van der Waals surface area (Å²) in [5.41, 5.74) is 9.56. The van der Waals surface area contributed by atoms with Crippen LogP contribution in [0.15, 0.2) is 156 Å². The zero-order valence-corrected chi connectivity index (χ0v) is 60.2. The van der Waals surface area contributed by atoms with Gasteiger partial charge in [-0.25, -0.2) is 34.9 Å². The average Bonchev–Trinajstić information content (AvgIpc) is 1.35. The Kier molecular flexibility index (Phi) is 24.5. The number of oxazole rings is 1. The first-order valence-electron chi connectivity index (χ1n) is 32.9. The zero-order chi connectivity index (χ0) is 67.0. The van der Waals surface area contributed by atoms with Crippen molar-refractivity contribution in [3.05, 3.63) is 182 Å². The van der Waals surface area contributed by atoms with E-state index in [-0.39, 0.29) is 0 Å². The second-order valence-electron chi connectivity index (χ2n) is 24.1. The number of hydrogen-bond donors (Lipinski definition) is 3. The predicted molar refractivity (Wildman–Crippen MR) is 408 cm³/mol. The Balaban J connectivity index is 0.000000139. The second-order valence-corrected chi connectivity index (χ2v) is 28.7. The number of pyridine rings is 1. The van der Waals surface area contributed by atoms with Crippen LogP contribution in [-0.4, -0.2) is 134 Å². The Morgan fingerprint density at radius 2 is 0.804 bits per heavy atom. The summed E-state index contributed by atoms with van der Waals surface area (Å²) in [4.78, 5) is 49.7. The fourth-order valence-electron chi connectivity index (χ4n) is 11.6. The Morgan fingerprint density at radius 3 is 1.22 bits per heavy atom. The minimum Gasteiger partial charge on any atom is -0.433 e. The molecule has 15 nitrogen and oxygen atoms in total. The molecule has 2 saturated heterocycles. The molecule has 14 rings (SSSR count). The van der Waals surface area contributed by atoms with E-state index in [1.807, 2.05) is 30.3 Å². The van der Waals surface area contributed by atoms with Gasteiger partial charge in [-0.1, -0.05) is 136 Å². The molecule has 0 atom stereocenters. The van der Waals surface area contributed by atoms with Gasteiger partial charge in [0.1, 0.15) is 17.1 Å². The van der Waals surface area contributed by atoms with Crippen LogP contribution in [0.4, 0.5) is 17.5 Å². The molecule has 97 heavy (non-hydrogen) atoms. The van der Waals surface area contributed by atoms with Crippen molar-refractivity contribution in [3.8, 4) is 65.1 Å². The number of fused-ring (bicyclic) bond motifs is 3. The number of anilines is 3. The molecular formula is C74H74Cl6N14OS2. The first kappa shape index (κ1) is 69.8.